The molecule has 2 aliphatic rings. The summed E-state index contributed by atoms with van der Waals surface area (Å²) >= 11 is 6.15. The lowest BCUT2D eigenvalue weighted by atomic mass is 10.3. The van der Waals surface area contributed by atoms with Crippen molar-refractivity contribution in [3.05, 3.63) is 29.3 Å². The Kier molecular flexibility index (Phi) is 8.25. The summed E-state index contributed by atoms with van der Waals surface area (Å²) in [5, 5.41) is 7.82. The van der Waals surface area contributed by atoms with Crippen LogP contribution in [0.4, 0.5) is 5.69 Å². The Balaban J connectivity index is 1.48. The highest BCUT2D eigenvalue weighted by Crippen LogP contribution is 2.23. The average molecular weight is 407 g/mol. The summed E-state index contributed by atoms with van der Waals surface area (Å²) in [6.45, 7) is 11.6. The van der Waals surface area contributed by atoms with Gasteiger partial charge in [-0.1, -0.05) is 17.7 Å². The van der Waals surface area contributed by atoms with Crippen molar-refractivity contribution in [2.24, 2.45) is 4.99 Å². The second-order valence-electron chi connectivity index (χ2n) is 7.81. The molecule has 2 N–H and O–H groups in total. The first-order valence-electron chi connectivity index (χ1n) is 10.6. The van der Waals surface area contributed by atoms with Gasteiger partial charge in [0.05, 0.1) is 6.54 Å². The van der Waals surface area contributed by atoms with E-state index in [-0.39, 0.29) is 0 Å². The summed E-state index contributed by atoms with van der Waals surface area (Å²) in [7, 11) is 2.21. The zero-order valence-corrected chi connectivity index (χ0v) is 18.1. The monoisotopic (exact) mass is 406 g/mol. The molecule has 7 heteroatoms. The van der Waals surface area contributed by atoms with Crippen LogP contribution in [-0.4, -0.2) is 87.8 Å². The van der Waals surface area contributed by atoms with E-state index in [2.05, 4.69) is 45.4 Å². The van der Waals surface area contributed by atoms with Crippen molar-refractivity contribution in [3.63, 3.8) is 0 Å². The minimum absolute atomic E-state index is 0.406. The molecule has 2 heterocycles. The third kappa shape index (κ3) is 6.54. The molecular formula is C21H35ClN6. The fourth-order valence-corrected chi connectivity index (χ4v) is 4.11. The third-order valence-electron chi connectivity index (χ3n) is 5.54. The number of hydrogen-bond acceptors (Lipinski definition) is 4. The van der Waals surface area contributed by atoms with Crippen LogP contribution in [0, 0.1) is 0 Å². The molecule has 0 spiro atoms. The summed E-state index contributed by atoms with van der Waals surface area (Å²) in [4.78, 5) is 12.2. The molecular weight excluding hydrogens is 372 g/mol. The van der Waals surface area contributed by atoms with Crippen molar-refractivity contribution >= 4 is 23.2 Å². The maximum atomic E-state index is 6.15. The Hall–Kier alpha value is -1.50. The molecule has 0 aromatic heterocycles. The van der Waals surface area contributed by atoms with Gasteiger partial charge in [-0.2, -0.15) is 0 Å². The number of rotatable bonds is 6. The number of guanidine groups is 1. The molecule has 2 aliphatic heterocycles. The number of nitrogens with one attached hydrogen (secondary N) is 2. The Morgan fingerprint density at radius 1 is 1.21 bits per heavy atom. The highest BCUT2D eigenvalue weighted by atomic mass is 35.5. The topological polar surface area (TPSA) is 46.1 Å². The number of nitrogens with zero attached hydrogens (tertiary/aromatic N) is 4. The third-order valence-corrected chi connectivity index (χ3v) is 5.78. The van der Waals surface area contributed by atoms with Gasteiger partial charge >= 0.3 is 0 Å². The van der Waals surface area contributed by atoms with Crippen LogP contribution in [0.1, 0.15) is 19.8 Å². The molecule has 2 fully saturated rings. The van der Waals surface area contributed by atoms with Gasteiger partial charge in [0.15, 0.2) is 5.96 Å². The number of anilines is 1. The zero-order valence-electron chi connectivity index (χ0n) is 17.3. The van der Waals surface area contributed by atoms with Crippen LogP contribution in [0.5, 0.6) is 0 Å². The molecule has 0 radical (unpaired) electrons. The van der Waals surface area contributed by atoms with Crippen molar-refractivity contribution < 1.29 is 0 Å². The van der Waals surface area contributed by atoms with Crippen molar-refractivity contribution in [2.45, 2.75) is 25.8 Å². The minimum Gasteiger partial charge on any atom is -0.369 e. The lowest BCUT2D eigenvalue weighted by molar-refractivity contribution is 0.283. The van der Waals surface area contributed by atoms with Crippen molar-refractivity contribution in [2.75, 3.05) is 70.9 Å². The van der Waals surface area contributed by atoms with E-state index in [1.54, 1.807) is 0 Å². The first-order valence-corrected chi connectivity index (χ1v) is 11.0. The molecule has 28 heavy (non-hydrogen) atoms. The number of likely N-dealkylation sites (N-methyl/N-ethyl adjacent to an activating group) is 1. The van der Waals surface area contributed by atoms with E-state index in [4.69, 9.17) is 16.6 Å². The Bertz CT molecular complexity index is 637. The summed E-state index contributed by atoms with van der Waals surface area (Å²) in [6.07, 6.45) is 2.36. The first kappa shape index (κ1) is 21.2. The van der Waals surface area contributed by atoms with Gasteiger partial charge < -0.3 is 25.3 Å². The van der Waals surface area contributed by atoms with E-state index in [1.807, 2.05) is 18.2 Å². The normalized spacial score (nSPS) is 22.3. The van der Waals surface area contributed by atoms with E-state index in [0.29, 0.717) is 6.04 Å². The first-order chi connectivity index (χ1) is 13.6. The zero-order chi connectivity index (χ0) is 19.8. The minimum atomic E-state index is 0.406. The van der Waals surface area contributed by atoms with Gasteiger partial charge in [0.1, 0.15) is 0 Å². The van der Waals surface area contributed by atoms with Gasteiger partial charge in [0, 0.05) is 56.0 Å². The molecule has 0 aliphatic carbocycles. The Labute approximate surface area is 174 Å². The number of aliphatic imine (C=N–C) groups is 1. The molecule has 1 unspecified atom stereocenters. The lowest BCUT2D eigenvalue weighted by Gasteiger charge is -2.21. The second-order valence-corrected chi connectivity index (χ2v) is 8.25. The van der Waals surface area contributed by atoms with Crippen LogP contribution >= 0.6 is 11.6 Å². The van der Waals surface area contributed by atoms with Crippen LogP contribution < -0.4 is 15.5 Å². The summed E-state index contributed by atoms with van der Waals surface area (Å²) in [5.41, 5.74) is 1.20. The van der Waals surface area contributed by atoms with Gasteiger partial charge in [-0.3, -0.25) is 4.99 Å². The second kappa shape index (κ2) is 10.9. The Morgan fingerprint density at radius 3 is 2.93 bits per heavy atom. The fourth-order valence-electron chi connectivity index (χ4n) is 3.93. The van der Waals surface area contributed by atoms with Crippen LogP contribution in [0.2, 0.25) is 5.02 Å². The van der Waals surface area contributed by atoms with Crippen molar-refractivity contribution in [1.29, 1.82) is 0 Å². The summed E-state index contributed by atoms with van der Waals surface area (Å²) in [5.74, 6) is 0.937. The maximum Gasteiger partial charge on any atom is 0.191 e. The summed E-state index contributed by atoms with van der Waals surface area (Å²) in [6, 6.07) is 8.52. The molecule has 156 valence electrons. The molecule has 1 aromatic rings. The van der Waals surface area contributed by atoms with Gasteiger partial charge in [-0.05, 0) is 58.1 Å². The molecule has 1 aromatic carbocycles. The van der Waals surface area contributed by atoms with E-state index in [9.17, 15) is 0 Å². The van der Waals surface area contributed by atoms with Crippen molar-refractivity contribution in [1.82, 2.24) is 20.4 Å². The fraction of sp³-hybridized carbons (Fsp3) is 0.667. The quantitative estimate of drug-likeness (QED) is 0.559. The van der Waals surface area contributed by atoms with Gasteiger partial charge in [0.2, 0.25) is 0 Å². The van der Waals surface area contributed by atoms with Crippen molar-refractivity contribution in [3.8, 4) is 0 Å². The van der Waals surface area contributed by atoms with E-state index in [0.717, 1.165) is 63.2 Å². The molecule has 3 rings (SSSR count). The predicted molar refractivity (Wildman–Crippen MR) is 120 cm³/mol. The molecule has 0 bridgehead atoms. The highest BCUT2D eigenvalue weighted by Gasteiger charge is 2.23. The average Bonchev–Trinajstić information content (AvgIpc) is 3.04. The number of hydrogen-bond donors (Lipinski definition) is 2. The molecule has 0 amide bonds. The SMILES string of the molecule is CCNC(=NCCN1CCCN(C)CC1)NC1CCN(c2cccc(Cl)c2)C1. The molecule has 2 saturated heterocycles. The van der Waals surface area contributed by atoms with E-state index >= 15 is 0 Å². The lowest BCUT2D eigenvalue weighted by Crippen LogP contribution is -2.45. The van der Waals surface area contributed by atoms with Gasteiger partial charge in [-0.15, -0.1) is 0 Å². The maximum absolute atomic E-state index is 6.15. The van der Waals surface area contributed by atoms with E-state index in [1.165, 1.54) is 25.2 Å². The number of benzene rings is 1. The van der Waals surface area contributed by atoms with Gasteiger partial charge in [-0.25, -0.2) is 0 Å². The largest absolute Gasteiger partial charge is 0.369 e. The highest BCUT2D eigenvalue weighted by molar-refractivity contribution is 6.30. The molecule has 6 nitrogen and oxygen atoms in total. The van der Waals surface area contributed by atoms with Crippen LogP contribution in [0.15, 0.2) is 29.3 Å². The van der Waals surface area contributed by atoms with Crippen LogP contribution in [0.25, 0.3) is 0 Å². The van der Waals surface area contributed by atoms with Crippen LogP contribution in [0.3, 0.4) is 0 Å². The molecule has 0 saturated carbocycles. The molecule has 1 atom stereocenters. The number of halogens is 1. The Morgan fingerprint density at radius 2 is 2.11 bits per heavy atom. The smallest absolute Gasteiger partial charge is 0.191 e. The predicted octanol–water partition coefficient (Wildman–Crippen LogP) is 2.11. The summed E-state index contributed by atoms with van der Waals surface area (Å²) < 4.78 is 0. The van der Waals surface area contributed by atoms with E-state index < -0.39 is 0 Å². The van der Waals surface area contributed by atoms with Gasteiger partial charge in [0.25, 0.3) is 0 Å². The van der Waals surface area contributed by atoms with Crippen LogP contribution in [-0.2, 0) is 0 Å². The standard InChI is InChI=1S/C21H35ClN6/c1-3-23-21(24-9-13-27-11-5-10-26(2)14-15-27)25-19-8-12-28(17-19)20-7-4-6-18(22)16-20/h4,6-7,16,19H,3,5,8-15,17H2,1-2H3,(H2,23,24,25).